The Morgan fingerprint density at radius 2 is 1.35 bits per heavy atom. The SMILES string of the molecule is CCCCOC(=O)c1ccc(-c2ccc(C=C3C(=O)N(c4ccccc4)C(=O)N(c4ccccc4)C3=O)o2)cc1. The Morgan fingerprint density at radius 1 is 0.775 bits per heavy atom. The van der Waals surface area contributed by atoms with Crippen LogP contribution in [0.25, 0.3) is 17.4 Å². The van der Waals surface area contributed by atoms with Crippen LogP contribution in [-0.2, 0) is 14.3 Å². The number of anilines is 2. The average Bonchev–Trinajstić information content (AvgIpc) is 3.45. The Kier molecular flexibility index (Phi) is 7.68. The van der Waals surface area contributed by atoms with E-state index >= 15 is 0 Å². The van der Waals surface area contributed by atoms with Gasteiger partial charge in [0.15, 0.2) is 0 Å². The summed E-state index contributed by atoms with van der Waals surface area (Å²) in [5.74, 6) is -1.16. The molecule has 0 saturated carbocycles. The second-order valence-corrected chi connectivity index (χ2v) is 9.06. The fourth-order valence-electron chi connectivity index (χ4n) is 4.23. The van der Waals surface area contributed by atoms with E-state index in [4.69, 9.17) is 9.15 Å². The van der Waals surface area contributed by atoms with Gasteiger partial charge in [-0.25, -0.2) is 19.4 Å². The molecule has 0 unspecified atom stereocenters. The standard InChI is InChI=1S/C32H26N2O6/c1-2-3-20-39-31(37)23-16-14-22(15-17-23)28-19-18-26(40-28)21-27-29(35)33(24-10-6-4-7-11-24)32(38)34(30(27)36)25-12-8-5-9-13-25/h4-19,21H,2-3,20H2,1H3. The normalized spacial score (nSPS) is 13.5. The highest BCUT2D eigenvalue weighted by Gasteiger charge is 2.43. The molecule has 5 rings (SSSR count). The summed E-state index contributed by atoms with van der Waals surface area (Å²) in [7, 11) is 0. The minimum Gasteiger partial charge on any atom is -0.462 e. The van der Waals surface area contributed by atoms with Crippen LogP contribution >= 0.6 is 0 Å². The topological polar surface area (TPSA) is 97.1 Å². The van der Waals surface area contributed by atoms with Crippen molar-refractivity contribution in [2.24, 2.45) is 0 Å². The van der Waals surface area contributed by atoms with Crippen molar-refractivity contribution in [3.8, 4) is 11.3 Å². The van der Waals surface area contributed by atoms with Gasteiger partial charge in [-0.2, -0.15) is 0 Å². The Labute approximate surface area is 231 Å². The van der Waals surface area contributed by atoms with Crippen molar-refractivity contribution < 1.29 is 28.3 Å². The minimum absolute atomic E-state index is 0.224. The summed E-state index contributed by atoms with van der Waals surface area (Å²) < 4.78 is 11.2. The lowest BCUT2D eigenvalue weighted by Crippen LogP contribution is -2.57. The highest BCUT2D eigenvalue weighted by atomic mass is 16.5. The fraction of sp³-hybridized carbons (Fsp3) is 0.125. The molecular formula is C32H26N2O6. The zero-order valence-electron chi connectivity index (χ0n) is 21.8. The molecule has 0 bridgehead atoms. The summed E-state index contributed by atoms with van der Waals surface area (Å²) in [5.41, 5.74) is 1.58. The number of hydrogen-bond donors (Lipinski definition) is 0. The van der Waals surface area contributed by atoms with Crippen molar-refractivity contribution in [3.63, 3.8) is 0 Å². The second-order valence-electron chi connectivity index (χ2n) is 9.06. The van der Waals surface area contributed by atoms with Gasteiger partial charge >= 0.3 is 12.0 Å². The van der Waals surface area contributed by atoms with Gasteiger partial charge in [0.1, 0.15) is 17.1 Å². The number of furan rings is 1. The molecule has 4 amide bonds. The molecule has 0 spiro atoms. The van der Waals surface area contributed by atoms with Crippen molar-refractivity contribution in [2.75, 3.05) is 16.4 Å². The zero-order chi connectivity index (χ0) is 28.1. The molecule has 1 fully saturated rings. The molecule has 0 aliphatic carbocycles. The predicted octanol–water partition coefficient (Wildman–Crippen LogP) is 6.49. The van der Waals surface area contributed by atoms with Crippen molar-refractivity contribution in [2.45, 2.75) is 19.8 Å². The molecule has 4 aromatic rings. The number of nitrogens with zero attached hydrogens (tertiary/aromatic N) is 2. The number of carbonyl (C=O) groups is 4. The second kappa shape index (κ2) is 11.7. The number of esters is 1. The van der Waals surface area contributed by atoms with Crippen molar-refractivity contribution in [1.82, 2.24) is 0 Å². The van der Waals surface area contributed by atoms with Crippen LogP contribution in [0.5, 0.6) is 0 Å². The molecule has 1 aliphatic heterocycles. The molecule has 8 heteroatoms. The number of unbranched alkanes of at least 4 members (excludes halogenated alkanes) is 1. The van der Waals surface area contributed by atoms with Gasteiger partial charge in [-0.3, -0.25) is 9.59 Å². The summed E-state index contributed by atoms with van der Waals surface area (Å²) in [6.07, 6.45) is 3.08. The molecule has 40 heavy (non-hydrogen) atoms. The van der Waals surface area contributed by atoms with Gasteiger partial charge < -0.3 is 9.15 Å². The molecule has 0 N–H and O–H groups in total. The van der Waals surface area contributed by atoms with Crippen molar-refractivity contribution in [3.05, 3.63) is 114 Å². The van der Waals surface area contributed by atoms with Crippen LogP contribution in [0.3, 0.4) is 0 Å². The summed E-state index contributed by atoms with van der Waals surface area (Å²) in [6, 6.07) is 26.2. The third kappa shape index (κ3) is 5.33. The van der Waals surface area contributed by atoms with Crippen LogP contribution in [0, 0.1) is 0 Å². The van der Waals surface area contributed by atoms with Gasteiger partial charge in [0.2, 0.25) is 0 Å². The summed E-state index contributed by atoms with van der Waals surface area (Å²) in [5, 5.41) is 0. The number of ether oxygens (including phenoxy) is 1. The number of barbiturate groups is 1. The Morgan fingerprint density at radius 3 is 1.90 bits per heavy atom. The van der Waals surface area contributed by atoms with E-state index in [2.05, 4.69) is 0 Å². The average molecular weight is 535 g/mol. The van der Waals surface area contributed by atoms with Crippen LogP contribution in [0.1, 0.15) is 35.9 Å². The highest BCUT2D eigenvalue weighted by molar-refractivity contribution is 6.46. The highest BCUT2D eigenvalue weighted by Crippen LogP contribution is 2.31. The molecule has 8 nitrogen and oxygen atoms in total. The molecule has 1 saturated heterocycles. The van der Waals surface area contributed by atoms with Gasteiger partial charge in [0, 0.05) is 5.56 Å². The predicted molar refractivity (Wildman–Crippen MR) is 151 cm³/mol. The number of rotatable bonds is 8. The van der Waals surface area contributed by atoms with Crippen LogP contribution in [0.15, 0.2) is 107 Å². The van der Waals surface area contributed by atoms with Crippen LogP contribution in [0.4, 0.5) is 16.2 Å². The molecular weight excluding hydrogens is 508 g/mol. The third-order valence-electron chi connectivity index (χ3n) is 6.33. The number of amides is 4. The Balaban J connectivity index is 1.45. The molecule has 1 aromatic heterocycles. The number of benzene rings is 3. The van der Waals surface area contributed by atoms with E-state index in [1.54, 1.807) is 97.1 Å². The fourth-order valence-corrected chi connectivity index (χ4v) is 4.23. The van der Waals surface area contributed by atoms with Gasteiger partial charge in [0.05, 0.1) is 23.5 Å². The quantitative estimate of drug-likeness (QED) is 0.111. The summed E-state index contributed by atoms with van der Waals surface area (Å²) >= 11 is 0. The van der Waals surface area contributed by atoms with E-state index in [9.17, 15) is 19.2 Å². The zero-order valence-corrected chi connectivity index (χ0v) is 21.8. The van der Waals surface area contributed by atoms with E-state index in [0.717, 1.165) is 22.6 Å². The van der Waals surface area contributed by atoms with E-state index in [1.807, 2.05) is 6.92 Å². The first-order valence-electron chi connectivity index (χ1n) is 12.9. The molecule has 1 aliphatic rings. The monoisotopic (exact) mass is 534 g/mol. The van der Waals surface area contributed by atoms with E-state index in [-0.39, 0.29) is 17.3 Å². The molecule has 0 atom stereocenters. The van der Waals surface area contributed by atoms with Gasteiger partial charge in [0.25, 0.3) is 11.8 Å². The lowest BCUT2D eigenvalue weighted by Gasteiger charge is -2.33. The number of carbonyl (C=O) groups excluding carboxylic acids is 4. The Hall–Kier alpha value is -5.24. The molecule has 0 radical (unpaired) electrons. The minimum atomic E-state index is -0.766. The largest absolute Gasteiger partial charge is 0.462 e. The third-order valence-corrected chi connectivity index (χ3v) is 6.33. The number of urea groups is 1. The summed E-state index contributed by atoms with van der Waals surface area (Å²) in [6.45, 7) is 2.40. The lowest BCUT2D eigenvalue weighted by atomic mass is 10.1. The first-order valence-corrected chi connectivity index (χ1v) is 12.9. The van der Waals surface area contributed by atoms with Gasteiger partial charge in [-0.05, 0) is 61.0 Å². The van der Waals surface area contributed by atoms with Crippen LogP contribution < -0.4 is 9.80 Å². The number of para-hydroxylation sites is 2. The van der Waals surface area contributed by atoms with Gasteiger partial charge in [-0.1, -0.05) is 61.9 Å². The van der Waals surface area contributed by atoms with E-state index in [0.29, 0.717) is 34.9 Å². The smallest absolute Gasteiger partial charge is 0.343 e. The maximum absolute atomic E-state index is 13.5. The lowest BCUT2D eigenvalue weighted by molar-refractivity contribution is -0.121. The molecule has 2 heterocycles. The molecule has 3 aromatic carbocycles. The maximum atomic E-state index is 13.5. The van der Waals surface area contributed by atoms with Crippen LogP contribution in [-0.4, -0.2) is 30.4 Å². The number of imide groups is 2. The van der Waals surface area contributed by atoms with Crippen molar-refractivity contribution in [1.29, 1.82) is 0 Å². The first kappa shape index (κ1) is 26.4. The van der Waals surface area contributed by atoms with E-state index in [1.165, 1.54) is 6.08 Å². The van der Waals surface area contributed by atoms with Crippen molar-refractivity contribution >= 4 is 41.3 Å². The summed E-state index contributed by atoms with van der Waals surface area (Å²) in [4.78, 5) is 54.6. The number of hydrogen-bond acceptors (Lipinski definition) is 6. The van der Waals surface area contributed by atoms with Gasteiger partial charge in [-0.15, -0.1) is 0 Å². The maximum Gasteiger partial charge on any atom is 0.343 e. The van der Waals surface area contributed by atoms with Crippen LogP contribution in [0.2, 0.25) is 0 Å². The molecule has 200 valence electrons. The Bertz CT molecular complexity index is 1510. The first-order chi connectivity index (χ1) is 19.5. The van der Waals surface area contributed by atoms with E-state index < -0.39 is 17.8 Å².